The van der Waals surface area contributed by atoms with Crippen LogP contribution >= 0.6 is 0 Å². The van der Waals surface area contributed by atoms with Crippen LogP contribution in [-0.2, 0) is 16.0 Å². The third-order valence-corrected chi connectivity index (χ3v) is 5.09. The van der Waals surface area contributed by atoms with Gasteiger partial charge in [-0.05, 0) is 43.5 Å². The first-order valence-corrected chi connectivity index (χ1v) is 9.10. The lowest BCUT2D eigenvalue weighted by atomic mass is 10.1. The van der Waals surface area contributed by atoms with Crippen molar-refractivity contribution < 1.29 is 14.3 Å². The number of amides is 2. The number of carbonyl (C=O) groups excluding carboxylic acids is 2. The molecule has 2 aliphatic rings. The standard InChI is InChI=1S/C19H27N3O3/c1-25-16-7-4-15(5-8-16)6-9-18(23)21-11-13-22(14-12-21)19(24)17-3-2-10-20-17/h4-5,7-8,17,20H,2-3,6,9-14H2,1H3. The number of benzene rings is 1. The second kappa shape index (κ2) is 8.34. The minimum absolute atomic E-state index is 0.0164. The molecule has 2 heterocycles. The molecule has 3 rings (SSSR count). The lowest BCUT2D eigenvalue weighted by Crippen LogP contribution is -2.54. The minimum atomic E-state index is -0.0164. The van der Waals surface area contributed by atoms with Crippen LogP contribution in [0.2, 0.25) is 0 Å². The van der Waals surface area contributed by atoms with Crippen molar-refractivity contribution >= 4 is 11.8 Å². The minimum Gasteiger partial charge on any atom is -0.497 e. The number of rotatable bonds is 5. The number of ether oxygens (including phenoxy) is 1. The average Bonchev–Trinajstić information content (AvgIpc) is 3.21. The summed E-state index contributed by atoms with van der Waals surface area (Å²) in [4.78, 5) is 28.6. The van der Waals surface area contributed by atoms with E-state index in [4.69, 9.17) is 4.74 Å². The van der Waals surface area contributed by atoms with Gasteiger partial charge in [0.25, 0.3) is 0 Å². The van der Waals surface area contributed by atoms with E-state index in [0.29, 0.717) is 32.6 Å². The summed E-state index contributed by atoms with van der Waals surface area (Å²) >= 11 is 0. The van der Waals surface area contributed by atoms with Crippen molar-refractivity contribution in [1.82, 2.24) is 15.1 Å². The fraction of sp³-hybridized carbons (Fsp3) is 0.579. The third kappa shape index (κ3) is 4.51. The van der Waals surface area contributed by atoms with Gasteiger partial charge in [0, 0.05) is 32.6 Å². The number of carbonyl (C=O) groups is 2. The molecule has 136 valence electrons. The number of nitrogens with one attached hydrogen (secondary N) is 1. The molecule has 6 heteroatoms. The number of nitrogens with zero attached hydrogens (tertiary/aromatic N) is 2. The molecule has 2 saturated heterocycles. The summed E-state index contributed by atoms with van der Waals surface area (Å²) in [5.74, 6) is 1.19. The summed E-state index contributed by atoms with van der Waals surface area (Å²) in [5, 5.41) is 3.25. The Bertz CT molecular complexity index is 588. The van der Waals surface area contributed by atoms with Gasteiger partial charge in [0.05, 0.1) is 13.2 Å². The topological polar surface area (TPSA) is 61.9 Å². The molecular formula is C19H27N3O3. The average molecular weight is 345 g/mol. The number of aryl methyl sites for hydroxylation is 1. The fourth-order valence-electron chi connectivity index (χ4n) is 3.49. The van der Waals surface area contributed by atoms with Crippen molar-refractivity contribution in [2.45, 2.75) is 31.7 Å². The molecular weight excluding hydrogens is 318 g/mol. The highest BCUT2D eigenvalue weighted by atomic mass is 16.5. The maximum absolute atomic E-state index is 12.4. The first-order valence-electron chi connectivity index (χ1n) is 9.10. The zero-order valence-electron chi connectivity index (χ0n) is 14.9. The predicted molar refractivity (Wildman–Crippen MR) is 95.5 cm³/mol. The molecule has 0 saturated carbocycles. The summed E-state index contributed by atoms with van der Waals surface area (Å²) in [5.41, 5.74) is 1.13. The molecule has 1 aromatic rings. The van der Waals surface area contributed by atoms with Gasteiger partial charge in [0.1, 0.15) is 5.75 Å². The highest BCUT2D eigenvalue weighted by Gasteiger charge is 2.30. The Labute approximate surface area is 149 Å². The van der Waals surface area contributed by atoms with E-state index in [2.05, 4.69) is 5.32 Å². The Morgan fingerprint density at radius 3 is 2.40 bits per heavy atom. The number of hydrogen-bond donors (Lipinski definition) is 1. The van der Waals surface area contributed by atoms with Crippen LogP contribution in [-0.4, -0.2) is 67.5 Å². The Balaban J connectivity index is 1.42. The van der Waals surface area contributed by atoms with Gasteiger partial charge in [-0.15, -0.1) is 0 Å². The van der Waals surface area contributed by atoms with E-state index in [0.717, 1.165) is 37.1 Å². The van der Waals surface area contributed by atoms with Crippen LogP contribution in [0.3, 0.4) is 0 Å². The summed E-state index contributed by atoms with van der Waals surface area (Å²) in [6.45, 7) is 3.50. The van der Waals surface area contributed by atoms with Crippen LogP contribution in [0.5, 0.6) is 5.75 Å². The Hall–Kier alpha value is -2.08. The predicted octanol–water partition coefficient (Wildman–Crippen LogP) is 1.05. The molecule has 0 aliphatic carbocycles. The fourth-order valence-corrected chi connectivity index (χ4v) is 3.49. The largest absolute Gasteiger partial charge is 0.497 e. The van der Waals surface area contributed by atoms with Crippen molar-refractivity contribution in [1.29, 1.82) is 0 Å². The van der Waals surface area contributed by atoms with Gasteiger partial charge in [-0.2, -0.15) is 0 Å². The van der Waals surface area contributed by atoms with Crippen LogP contribution in [0.15, 0.2) is 24.3 Å². The second-order valence-corrected chi connectivity index (χ2v) is 6.70. The second-order valence-electron chi connectivity index (χ2n) is 6.70. The summed E-state index contributed by atoms with van der Waals surface area (Å²) in [6.07, 6.45) is 3.23. The monoisotopic (exact) mass is 345 g/mol. The third-order valence-electron chi connectivity index (χ3n) is 5.09. The van der Waals surface area contributed by atoms with Crippen molar-refractivity contribution in [2.75, 3.05) is 39.8 Å². The summed E-state index contributed by atoms with van der Waals surface area (Å²) in [6, 6.07) is 7.81. The quantitative estimate of drug-likeness (QED) is 0.867. The molecule has 2 fully saturated rings. The summed E-state index contributed by atoms with van der Waals surface area (Å²) < 4.78 is 5.14. The molecule has 25 heavy (non-hydrogen) atoms. The molecule has 0 radical (unpaired) electrons. The molecule has 0 spiro atoms. The highest BCUT2D eigenvalue weighted by Crippen LogP contribution is 2.14. The van der Waals surface area contributed by atoms with Crippen molar-refractivity contribution in [3.63, 3.8) is 0 Å². The molecule has 0 bridgehead atoms. The lowest BCUT2D eigenvalue weighted by Gasteiger charge is -2.36. The van der Waals surface area contributed by atoms with Crippen molar-refractivity contribution in [3.05, 3.63) is 29.8 Å². The molecule has 1 aromatic carbocycles. The number of methoxy groups -OCH3 is 1. The van der Waals surface area contributed by atoms with Gasteiger partial charge in [-0.1, -0.05) is 12.1 Å². The van der Waals surface area contributed by atoms with Crippen LogP contribution in [0.1, 0.15) is 24.8 Å². The van der Waals surface area contributed by atoms with Crippen molar-refractivity contribution in [2.24, 2.45) is 0 Å². The van der Waals surface area contributed by atoms with Crippen LogP contribution in [0.25, 0.3) is 0 Å². The lowest BCUT2D eigenvalue weighted by molar-refractivity contribution is -0.140. The summed E-state index contributed by atoms with van der Waals surface area (Å²) in [7, 11) is 1.64. The molecule has 2 aliphatic heterocycles. The van der Waals surface area contributed by atoms with E-state index in [-0.39, 0.29) is 17.9 Å². The Kier molecular flexibility index (Phi) is 5.91. The van der Waals surface area contributed by atoms with Crippen molar-refractivity contribution in [3.8, 4) is 5.75 Å². The zero-order chi connectivity index (χ0) is 17.6. The zero-order valence-corrected chi connectivity index (χ0v) is 14.9. The van der Waals surface area contributed by atoms with Gasteiger partial charge in [0.15, 0.2) is 0 Å². The van der Waals surface area contributed by atoms with Gasteiger partial charge in [-0.3, -0.25) is 9.59 Å². The Morgan fingerprint density at radius 1 is 1.12 bits per heavy atom. The van der Waals surface area contributed by atoms with E-state index < -0.39 is 0 Å². The highest BCUT2D eigenvalue weighted by molar-refractivity contribution is 5.83. The SMILES string of the molecule is COc1ccc(CCC(=O)N2CCN(C(=O)C3CCCN3)CC2)cc1. The van der Waals surface area contributed by atoms with Gasteiger partial charge >= 0.3 is 0 Å². The van der Waals surface area contributed by atoms with Crippen LogP contribution < -0.4 is 10.1 Å². The van der Waals surface area contributed by atoms with E-state index in [1.54, 1.807) is 7.11 Å². The number of hydrogen-bond acceptors (Lipinski definition) is 4. The van der Waals surface area contributed by atoms with Crippen LogP contribution in [0, 0.1) is 0 Å². The maximum atomic E-state index is 12.4. The molecule has 2 amide bonds. The first-order chi connectivity index (χ1) is 12.2. The molecule has 6 nitrogen and oxygen atoms in total. The molecule has 1 unspecified atom stereocenters. The molecule has 1 atom stereocenters. The number of piperazine rings is 1. The normalized spacial score (nSPS) is 20.6. The van der Waals surface area contributed by atoms with Crippen LogP contribution in [0.4, 0.5) is 0 Å². The van der Waals surface area contributed by atoms with E-state index in [9.17, 15) is 9.59 Å². The van der Waals surface area contributed by atoms with Gasteiger partial charge < -0.3 is 19.9 Å². The molecule has 1 N–H and O–H groups in total. The molecule has 0 aromatic heterocycles. The van der Waals surface area contributed by atoms with E-state index in [1.807, 2.05) is 34.1 Å². The van der Waals surface area contributed by atoms with E-state index in [1.165, 1.54) is 0 Å². The first kappa shape index (κ1) is 17.7. The maximum Gasteiger partial charge on any atom is 0.239 e. The van der Waals surface area contributed by atoms with Gasteiger partial charge in [0.2, 0.25) is 11.8 Å². The van der Waals surface area contributed by atoms with E-state index >= 15 is 0 Å². The van der Waals surface area contributed by atoms with Gasteiger partial charge in [-0.25, -0.2) is 0 Å². The Morgan fingerprint density at radius 2 is 1.80 bits per heavy atom. The smallest absolute Gasteiger partial charge is 0.239 e.